The molecule has 0 saturated carbocycles. The number of phenols is 1. The van der Waals surface area contributed by atoms with Gasteiger partial charge in [0, 0.05) is 5.33 Å². The van der Waals surface area contributed by atoms with Crippen LogP contribution in [0.5, 0.6) is 11.5 Å². The molecule has 0 amide bonds. The molecule has 0 saturated heterocycles. The van der Waals surface area contributed by atoms with Crippen LogP contribution >= 0.6 is 15.9 Å². The number of unbranched alkanes of at least 4 members (excludes halogenated alkanes) is 3. The molecule has 0 aliphatic heterocycles. The van der Waals surface area contributed by atoms with Crippen molar-refractivity contribution in [3.8, 4) is 11.5 Å². The van der Waals surface area contributed by atoms with Crippen LogP contribution in [0.15, 0.2) is 24.3 Å². The SMILES string of the molecule is Oc1ccc(OCCCCCCBr)cc1. The third-order valence-electron chi connectivity index (χ3n) is 2.13. The lowest BCUT2D eigenvalue weighted by atomic mass is 10.2. The number of hydrogen-bond donors (Lipinski definition) is 1. The summed E-state index contributed by atoms with van der Waals surface area (Å²) in [5.74, 6) is 1.10. The lowest BCUT2D eigenvalue weighted by Gasteiger charge is -2.05. The Morgan fingerprint density at radius 3 is 2.33 bits per heavy atom. The standard InChI is InChI=1S/C12H17BrO2/c13-9-3-1-2-4-10-15-12-7-5-11(14)6-8-12/h5-8,14H,1-4,9-10H2. The quantitative estimate of drug-likeness (QED) is 0.606. The highest BCUT2D eigenvalue weighted by atomic mass is 79.9. The predicted octanol–water partition coefficient (Wildman–Crippen LogP) is 3.73. The van der Waals surface area contributed by atoms with Crippen molar-refractivity contribution in [3.05, 3.63) is 24.3 Å². The fraction of sp³-hybridized carbons (Fsp3) is 0.500. The molecule has 84 valence electrons. The molecule has 0 aliphatic carbocycles. The molecule has 0 aromatic heterocycles. The third kappa shape index (κ3) is 5.67. The molecule has 2 nitrogen and oxygen atoms in total. The van der Waals surface area contributed by atoms with Crippen molar-refractivity contribution in [3.63, 3.8) is 0 Å². The largest absolute Gasteiger partial charge is 0.508 e. The Labute approximate surface area is 99.4 Å². The van der Waals surface area contributed by atoms with E-state index in [-0.39, 0.29) is 5.75 Å². The van der Waals surface area contributed by atoms with Crippen LogP contribution in [0.3, 0.4) is 0 Å². The summed E-state index contributed by atoms with van der Waals surface area (Å²) in [6.07, 6.45) is 4.79. The third-order valence-corrected chi connectivity index (χ3v) is 2.69. The molecule has 0 aliphatic rings. The number of rotatable bonds is 7. The maximum atomic E-state index is 9.07. The van der Waals surface area contributed by atoms with E-state index in [9.17, 15) is 0 Å². The van der Waals surface area contributed by atoms with Gasteiger partial charge in [-0.15, -0.1) is 0 Å². The van der Waals surface area contributed by atoms with Gasteiger partial charge >= 0.3 is 0 Å². The van der Waals surface area contributed by atoms with E-state index in [1.165, 1.54) is 19.3 Å². The Bertz CT molecular complexity index is 259. The van der Waals surface area contributed by atoms with E-state index in [2.05, 4.69) is 15.9 Å². The molecule has 0 fully saturated rings. The molecule has 1 aromatic carbocycles. The molecule has 1 rings (SSSR count). The number of alkyl halides is 1. The van der Waals surface area contributed by atoms with Gasteiger partial charge in [-0.3, -0.25) is 0 Å². The summed E-state index contributed by atoms with van der Waals surface area (Å²) in [6, 6.07) is 6.85. The Balaban J connectivity index is 2.07. The summed E-state index contributed by atoms with van der Waals surface area (Å²) in [7, 11) is 0. The highest BCUT2D eigenvalue weighted by Crippen LogP contribution is 2.16. The van der Waals surface area contributed by atoms with Crippen molar-refractivity contribution >= 4 is 15.9 Å². The Morgan fingerprint density at radius 1 is 1.00 bits per heavy atom. The summed E-state index contributed by atoms with van der Waals surface area (Å²) in [5, 5.41) is 10.2. The summed E-state index contributed by atoms with van der Waals surface area (Å²) < 4.78 is 5.52. The van der Waals surface area contributed by atoms with E-state index in [0.717, 1.165) is 24.1 Å². The smallest absolute Gasteiger partial charge is 0.119 e. The van der Waals surface area contributed by atoms with Gasteiger partial charge in [0.25, 0.3) is 0 Å². The number of benzene rings is 1. The first-order valence-corrected chi connectivity index (χ1v) is 6.43. The number of ether oxygens (including phenoxy) is 1. The molecule has 0 atom stereocenters. The van der Waals surface area contributed by atoms with Gasteiger partial charge in [-0.05, 0) is 37.1 Å². The number of phenolic OH excluding ortho intramolecular Hbond substituents is 1. The highest BCUT2D eigenvalue weighted by molar-refractivity contribution is 9.09. The zero-order chi connectivity index (χ0) is 10.9. The van der Waals surface area contributed by atoms with Crippen LogP contribution in [0.25, 0.3) is 0 Å². The molecule has 0 unspecified atom stereocenters. The van der Waals surface area contributed by atoms with Gasteiger partial charge < -0.3 is 9.84 Å². The van der Waals surface area contributed by atoms with Crippen molar-refractivity contribution < 1.29 is 9.84 Å². The molecule has 0 bridgehead atoms. The van der Waals surface area contributed by atoms with E-state index in [0.29, 0.717) is 0 Å². The van der Waals surface area contributed by atoms with Crippen LogP contribution < -0.4 is 4.74 Å². The molecule has 3 heteroatoms. The average Bonchev–Trinajstić information content (AvgIpc) is 2.26. The number of halogens is 1. The minimum atomic E-state index is 0.277. The molecule has 1 N–H and O–H groups in total. The van der Waals surface area contributed by atoms with Crippen molar-refractivity contribution in [1.29, 1.82) is 0 Å². The Morgan fingerprint density at radius 2 is 1.67 bits per heavy atom. The second-order valence-corrected chi connectivity index (χ2v) is 4.24. The summed E-state index contributed by atoms with van der Waals surface area (Å²) >= 11 is 3.41. The molecule has 15 heavy (non-hydrogen) atoms. The van der Waals surface area contributed by atoms with Crippen LogP contribution in [0, 0.1) is 0 Å². The molecular weight excluding hydrogens is 256 g/mol. The van der Waals surface area contributed by atoms with E-state index in [1.54, 1.807) is 24.3 Å². The average molecular weight is 273 g/mol. The van der Waals surface area contributed by atoms with Crippen molar-refractivity contribution in [2.24, 2.45) is 0 Å². The lowest BCUT2D eigenvalue weighted by Crippen LogP contribution is -1.96. The van der Waals surface area contributed by atoms with Crippen LogP contribution in [0.1, 0.15) is 25.7 Å². The van der Waals surface area contributed by atoms with E-state index in [4.69, 9.17) is 9.84 Å². The van der Waals surface area contributed by atoms with Crippen LogP contribution in [0.4, 0.5) is 0 Å². The van der Waals surface area contributed by atoms with Gasteiger partial charge in [0.1, 0.15) is 11.5 Å². The second-order valence-electron chi connectivity index (χ2n) is 3.45. The second kappa shape index (κ2) is 7.57. The van der Waals surface area contributed by atoms with Crippen LogP contribution in [0.2, 0.25) is 0 Å². The molecule has 0 radical (unpaired) electrons. The maximum absolute atomic E-state index is 9.07. The molecule has 0 heterocycles. The molecule has 0 spiro atoms. The maximum Gasteiger partial charge on any atom is 0.119 e. The predicted molar refractivity (Wildman–Crippen MR) is 65.9 cm³/mol. The van der Waals surface area contributed by atoms with Gasteiger partial charge in [-0.25, -0.2) is 0 Å². The minimum Gasteiger partial charge on any atom is -0.508 e. The van der Waals surface area contributed by atoms with Crippen LogP contribution in [-0.2, 0) is 0 Å². The zero-order valence-electron chi connectivity index (χ0n) is 8.79. The van der Waals surface area contributed by atoms with Crippen molar-refractivity contribution in [2.75, 3.05) is 11.9 Å². The van der Waals surface area contributed by atoms with Gasteiger partial charge in [-0.2, -0.15) is 0 Å². The summed E-state index contributed by atoms with van der Waals surface area (Å²) in [6.45, 7) is 0.757. The summed E-state index contributed by atoms with van der Waals surface area (Å²) in [5.41, 5.74) is 0. The monoisotopic (exact) mass is 272 g/mol. The first kappa shape index (κ1) is 12.4. The summed E-state index contributed by atoms with van der Waals surface area (Å²) in [4.78, 5) is 0. The number of hydrogen-bond acceptors (Lipinski definition) is 2. The normalized spacial score (nSPS) is 10.2. The zero-order valence-corrected chi connectivity index (χ0v) is 10.4. The highest BCUT2D eigenvalue weighted by Gasteiger charge is 1.94. The van der Waals surface area contributed by atoms with Gasteiger partial charge in [0.2, 0.25) is 0 Å². The first-order valence-electron chi connectivity index (χ1n) is 5.31. The Kier molecular flexibility index (Phi) is 6.25. The number of aromatic hydroxyl groups is 1. The van der Waals surface area contributed by atoms with Gasteiger partial charge in [-0.1, -0.05) is 28.8 Å². The molecular formula is C12H17BrO2. The Hall–Kier alpha value is -0.700. The van der Waals surface area contributed by atoms with E-state index >= 15 is 0 Å². The van der Waals surface area contributed by atoms with Gasteiger partial charge in [0.15, 0.2) is 0 Å². The lowest BCUT2D eigenvalue weighted by molar-refractivity contribution is 0.304. The fourth-order valence-electron chi connectivity index (χ4n) is 1.28. The minimum absolute atomic E-state index is 0.277. The van der Waals surface area contributed by atoms with Crippen molar-refractivity contribution in [2.45, 2.75) is 25.7 Å². The molecule has 1 aromatic rings. The van der Waals surface area contributed by atoms with E-state index in [1.807, 2.05) is 0 Å². The van der Waals surface area contributed by atoms with Crippen LogP contribution in [-0.4, -0.2) is 17.0 Å². The first-order chi connectivity index (χ1) is 7.33. The van der Waals surface area contributed by atoms with Gasteiger partial charge in [0.05, 0.1) is 6.61 Å². The van der Waals surface area contributed by atoms with Crippen molar-refractivity contribution in [1.82, 2.24) is 0 Å². The fourth-order valence-corrected chi connectivity index (χ4v) is 1.68. The topological polar surface area (TPSA) is 29.5 Å². The van der Waals surface area contributed by atoms with E-state index < -0.39 is 0 Å².